The van der Waals surface area contributed by atoms with Crippen LogP contribution in [0.1, 0.15) is 16.7 Å². The van der Waals surface area contributed by atoms with Crippen molar-refractivity contribution in [2.45, 2.75) is 18.5 Å². The molecule has 0 aliphatic carbocycles. The zero-order valence-electron chi connectivity index (χ0n) is 20.4. The Hall–Kier alpha value is -4.47. The molecule has 0 spiro atoms. The van der Waals surface area contributed by atoms with E-state index in [2.05, 4.69) is 19.7 Å². The van der Waals surface area contributed by atoms with Gasteiger partial charge in [0.2, 0.25) is 12.0 Å². The highest BCUT2D eigenvalue weighted by molar-refractivity contribution is 7.18. The molecule has 0 bridgehead atoms. The van der Waals surface area contributed by atoms with Gasteiger partial charge < -0.3 is 20.1 Å². The van der Waals surface area contributed by atoms with Crippen LogP contribution in [0.2, 0.25) is 0 Å². The summed E-state index contributed by atoms with van der Waals surface area (Å²) in [4.78, 5) is 37.1. The molecular weight excluding hydrogens is 568 g/mol. The highest BCUT2D eigenvalue weighted by atomic mass is 32.1. The predicted molar refractivity (Wildman–Crippen MR) is 131 cm³/mol. The third kappa shape index (κ3) is 6.22. The molecule has 16 heteroatoms. The summed E-state index contributed by atoms with van der Waals surface area (Å²) in [6.45, 7) is 0. The van der Waals surface area contributed by atoms with Gasteiger partial charge in [-0.15, -0.1) is 11.3 Å². The number of halogens is 6. The molecule has 0 aliphatic heterocycles. The quantitative estimate of drug-likeness (QED) is 0.230. The van der Waals surface area contributed by atoms with E-state index in [0.717, 1.165) is 29.8 Å². The van der Waals surface area contributed by atoms with Gasteiger partial charge in [-0.05, 0) is 18.2 Å². The summed E-state index contributed by atoms with van der Waals surface area (Å²) in [6.07, 6.45) is -10.9. The molecule has 9 nitrogen and oxygen atoms in total. The first-order valence-electron chi connectivity index (χ1n) is 11.0. The lowest BCUT2D eigenvalue weighted by molar-refractivity contribution is -0.205. The summed E-state index contributed by atoms with van der Waals surface area (Å²) in [5.41, 5.74) is 5.60. The molecule has 2 N–H and O–H groups in total. The standard InChI is InChI=1S/C24H17F6N5O4S/c1-35(2)13-7-15(18-16(8-13)40-21(34-18)19(20(31)36)39-22(37)24(28,29)30)38-17-9-14(32-10-33-17)11-3-5-12(6-4-11)23(25,26)27/h3-10,19H,1-2H3,(H2,31,36). The van der Waals surface area contributed by atoms with Gasteiger partial charge in [0.15, 0.2) is 5.75 Å². The highest BCUT2D eigenvalue weighted by Gasteiger charge is 2.44. The normalized spacial score (nSPS) is 12.7. The molecular formula is C24H17F6N5O4S. The predicted octanol–water partition coefficient (Wildman–Crippen LogP) is 5.26. The van der Waals surface area contributed by atoms with Crippen LogP contribution >= 0.6 is 11.3 Å². The molecule has 40 heavy (non-hydrogen) atoms. The molecule has 0 aliphatic rings. The van der Waals surface area contributed by atoms with Crippen molar-refractivity contribution >= 4 is 39.1 Å². The number of aromatic nitrogens is 3. The fraction of sp³-hybridized carbons (Fsp3) is 0.208. The Morgan fingerprint density at radius 3 is 2.25 bits per heavy atom. The minimum atomic E-state index is -5.37. The second kappa shape index (κ2) is 10.6. The van der Waals surface area contributed by atoms with Crippen LogP contribution in [-0.4, -0.2) is 47.1 Å². The number of rotatable bonds is 7. The SMILES string of the molecule is CN(C)c1cc(Oc2cc(-c3ccc(C(F)(F)F)cc3)ncn2)c2nc(C(OC(=O)C(F)(F)F)C(N)=O)sc2c1. The first-order chi connectivity index (χ1) is 18.6. The third-order valence-corrected chi connectivity index (χ3v) is 6.33. The fourth-order valence-corrected chi connectivity index (χ4v) is 4.41. The Morgan fingerprint density at radius 2 is 1.68 bits per heavy atom. The van der Waals surface area contributed by atoms with E-state index in [-0.39, 0.29) is 27.8 Å². The Labute approximate surface area is 225 Å². The number of thiazole rings is 1. The summed E-state index contributed by atoms with van der Waals surface area (Å²) in [5, 5.41) is -0.325. The lowest BCUT2D eigenvalue weighted by Crippen LogP contribution is -2.32. The van der Waals surface area contributed by atoms with Gasteiger partial charge in [-0.25, -0.2) is 19.7 Å². The number of nitrogens with zero attached hydrogens (tertiary/aromatic N) is 4. The number of alkyl halides is 6. The smallest absolute Gasteiger partial charge is 0.438 e. The number of primary amides is 1. The van der Waals surface area contributed by atoms with E-state index in [1.165, 1.54) is 24.3 Å². The zero-order chi connectivity index (χ0) is 29.4. The van der Waals surface area contributed by atoms with E-state index in [0.29, 0.717) is 16.0 Å². The highest BCUT2D eigenvalue weighted by Crippen LogP contribution is 2.39. The van der Waals surface area contributed by atoms with Crippen LogP contribution < -0.4 is 15.4 Å². The van der Waals surface area contributed by atoms with Crippen molar-refractivity contribution in [3.8, 4) is 22.9 Å². The molecule has 210 valence electrons. The van der Waals surface area contributed by atoms with Crippen molar-refractivity contribution < 1.29 is 45.4 Å². The number of hydrogen-bond donors (Lipinski definition) is 1. The van der Waals surface area contributed by atoms with Gasteiger partial charge in [-0.2, -0.15) is 26.3 Å². The largest absolute Gasteiger partial charge is 0.490 e. The van der Waals surface area contributed by atoms with E-state index in [4.69, 9.17) is 10.5 Å². The van der Waals surface area contributed by atoms with Gasteiger partial charge in [0.05, 0.1) is 16.0 Å². The Balaban J connectivity index is 1.72. The van der Waals surface area contributed by atoms with E-state index in [1.54, 1.807) is 25.1 Å². The molecule has 1 unspecified atom stereocenters. The van der Waals surface area contributed by atoms with Crippen LogP contribution in [0.25, 0.3) is 21.5 Å². The van der Waals surface area contributed by atoms with Crippen LogP contribution in [0.3, 0.4) is 0 Å². The van der Waals surface area contributed by atoms with Crippen molar-refractivity contribution in [2.75, 3.05) is 19.0 Å². The number of anilines is 1. The molecule has 1 atom stereocenters. The summed E-state index contributed by atoms with van der Waals surface area (Å²) < 4.78 is 87.4. The van der Waals surface area contributed by atoms with Crippen LogP contribution in [0.15, 0.2) is 48.8 Å². The molecule has 0 fully saturated rings. The Bertz CT molecular complexity index is 1570. The minimum absolute atomic E-state index is 0.0356. The first kappa shape index (κ1) is 28.5. The number of benzene rings is 2. The maximum atomic E-state index is 12.9. The zero-order valence-corrected chi connectivity index (χ0v) is 21.2. The molecule has 0 saturated carbocycles. The molecule has 0 radical (unpaired) electrons. The average molecular weight is 585 g/mol. The summed E-state index contributed by atoms with van der Waals surface area (Å²) in [6, 6.07) is 8.78. The molecule has 1 amide bonds. The van der Waals surface area contributed by atoms with Crippen LogP contribution in [0, 0.1) is 0 Å². The first-order valence-corrected chi connectivity index (χ1v) is 11.8. The number of esters is 1. The van der Waals surface area contributed by atoms with Gasteiger partial charge in [0.1, 0.15) is 16.9 Å². The number of fused-ring (bicyclic) bond motifs is 1. The van der Waals surface area contributed by atoms with Crippen molar-refractivity contribution in [2.24, 2.45) is 5.73 Å². The topological polar surface area (TPSA) is 121 Å². The number of nitrogens with two attached hydrogens (primary N) is 1. The molecule has 4 aromatic rings. The van der Waals surface area contributed by atoms with E-state index >= 15 is 0 Å². The monoisotopic (exact) mass is 585 g/mol. The molecule has 0 saturated heterocycles. The van der Waals surface area contributed by atoms with Gasteiger partial charge in [0, 0.05) is 37.5 Å². The van der Waals surface area contributed by atoms with Gasteiger partial charge in [0.25, 0.3) is 5.91 Å². The second-order valence-corrected chi connectivity index (χ2v) is 9.40. The number of hydrogen-bond acceptors (Lipinski definition) is 9. The number of carbonyl (C=O) groups is 2. The summed E-state index contributed by atoms with van der Waals surface area (Å²) in [5.74, 6) is -3.96. The van der Waals surface area contributed by atoms with E-state index < -0.39 is 35.9 Å². The van der Waals surface area contributed by atoms with Crippen molar-refractivity contribution in [3.05, 3.63) is 59.4 Å². The fourth-order valence-electron chi connectivity index (χ4n) is 3.35. The molecule has 4 rings (SSSR count). The maximum Gasteiger partial charge on any atom is 0.490 e. The number of ether oxygens (including phenoxy) is 2. The van der Waals surface area contributed by atoms with Gasteiger partial charge in [-0.1, -0.05) is 12.1 Å². The summed E-state index contributed by atoms with van der Waals surface area (Å²) in [7, 11) is 3.41. The van der Waals surface area contributed by atoms with Crippen molar-refractivity contribution in [1.82, 2.24) is 15.0 Å². The number of carbonyl (C=O) groups excluding carboxylic acids is 2. The number of amides is 1. The van der Waals surface area contributed by atoms with Gasteiger partial charge in [-0.3, -0.25) is 4.79 Å². The lowest BCUT2D eigenvalue weighted by atomic mass is 10.1. The minimum Gasteiger partial charge on any atom is -0.438 e. The summed E-state index contributed by atoms with van der Waals surface area (Å²) >= 11 is 0.758. The van der Waals surface area contributed by atoms with Crippen LogP contribution in [-0.2, 0) is 20.5 Å². The molecule has 2 aromatic carbocycles. The van der Waals surface area contributed by atoms with Crippen LogP contribution in [0.5, 0.6) is 11.6 Å². The third-order valence-electron chi connectivity index (χ3n) is 5.28. The molecule has 2 heterocycles. The van der Waals surface area contributed by atoms with Crippen molar-refractivity contribution in [3.63, 3.8) is 0 Å². The van der Waals surface area contributed by atoms with E-state index in [1.807, 2.05) is 0 Å². The maximum absolute atomic E-state index is 12.9. The lowest BCUT2D eigenvalue weighted by Gasteiger charge is -2.14. The Morgan fingerprint density at radius 1 is 1.00 bits per heavy atom. The molecule has 2 aromatic heterocycles. The van der Waals surface area contributed by atoms with E-state index in [9.17, 15) is 35.9 Å². The average Bonchev–Trinajstić information content (AvgIpc) is 3.30. The Kier molecular flexibility index (Phi) is 7.56. The van der Waals surface area contributed by atoms with Gasteiger partial charge >= 0.3 is 18.3 Å². The second-order valence-electron chi connectivity index (χ2n) is 8.34. The van der Waals surface area contributed by atoms with Crippen molar-refractivity contribution in [1.29, 1.82) is 0 Å². The van der Waals surface area contributed by atoms with Crippen LogP contribution in [0.4, 0.5) is 32.0 Å².